The van der Waals surface area contributed by atoms with Gasteiger partial charge in [0.05, 0.1) is 21.5 Å². The van der Waals surface area contributed by atoms with E-state index in [-0.39, 0.29) is 5.56 Å². The third-order valence-electron chi connectivity index (χ3n) is 4.84. The van der Waals surface area contributed by atoms with Crippen LogP contribution in [0.25, 0.3) is 0 Å². The number of non-ortho nitro benzene ring substituents is 2. The number of benzene rings is 2. The molecule has 1 saturated heterocycles. The minimum atomic E-state index is -0.734. The second kappa shape index (κ2) is 7.63. The van der Waals surface area contributed by atoms with E-state index in [9.17, 15) is 25.0 Å². The van der Waals surface area contributed by atoms with E-state index in [1.165, 1.54) is 0 Å². The van der Waals surface area contributed by atoms with Crippen molar-refractivity contribution in [3.05, 3.63) is 73.3 Å². The van der Waals surface area contributed by atoms with E-state index in [4.69, 9.17) is 0 Å². The Kier molecular flexibility index (Phi) is 5.25. The van der Waals surface area contributed by atoms with Gasteiger partial charge in [0.2, 0.25) is 0 Å². The van der Waals surface area contributed by atoms with Crippen molar-refractivity contribution >= 4 is 23.0 Å². The van der Waals surface area contributed by atoms with Crippen molar-refractivity contribution in [2.24, 2.45) is 0 Å². The highest BCUT2D eigenvalue weighted by Crippen LogP contribution is 2.26. The molecule has 0 unspecified atom stereocenters. The van der Waals surface area contributed by atoms with E-state index in [1.54, 1.807) is 4.90 Å². The Morgan fingerprint density at radius 3 is 2.00 bits per heavy atom. The predicted octanol–water partition coefficient (Wildman–Crippen LogP) is 3.08. The van der Waals surface area contributed by atoms with Crippen molar-refractivity contribution < 1.29 is 14.6 Å². The van der Waals surface area contributed by atoms with Crippen molar-refractivity contribution in [2.75, 3.05) is 31.1 Å². The van der Waals surface area contributed by atoms with Crippen molar-refractivity contribution in [1.82, 2.24) is 4.90 Å². The van der Waals surface area contributed by atoms with E-state index in [1.807, 2.05) is 19.9 Å². The number of hydrogen-bond donors (Lipinski definition) is 0. The molecule has 1 aliphatic rings. The maximum atomic E-state index is 12.8. The number of nitro groups is 2. The lowest BCUT2D eigenvalue weighted by Crippen LogP contribution is -2.49. The minimum absolute atomic E-state index is 0.0407. The lowest BCUT2D eigenvalue weighted by Gasteiger charge is -2.37. The van der Waals surface area contributed by atoms with Crippen LogP contribution in [-0.2, 0) is 0 Å². The third-order valence-corrected chi connectivity index (χ3v) is 4.84. The molecule has 0 aromatic heterocycles. The molecule has 0 bridgehead atoms. The molecule has 0 atom stereocenters. The first-order valence-electron chi connectivity index (χ1n) is 8.81. The lowest BCUT2D eigenvalue weighted by molar-refractivity contribution is -0.394. The largest absolute Gasteiger partial charge is 0.368 e. The molecule has 9 nitrogen and oxygen atoms in total. The smallest absolute Gasteiger partial charge is 0.277 e. The fraction of sp³-hybridized carbons (Fsp3) is 0.316. The fourth-order valence-electron chi connectivity index (χ4n) is 3.32. The standard InChI is InChI=1S/C19H20N4O5/c1-13-3-4-14(2)18(9-13)20-5-7-21(8-6-20)19(24)15-10-16(22(25)26)12-17(11-15)23(27)28/h3-4,9-12H,5-8H2,1-2H3. The zero-order chi connectivity index (χ0) is 20.4. The molecule has 0 aliphatic carbocycles. The van der Waals surface area contributed by atoms with Crippen molar-refractivity contribution in [2.45, 2.75) is 13.8 Å². The zero-order valence-electron chi connectivity index (χ0n) is 15.6. The van der Waals surface area contributed by atoms with Crippen LogP contribution in [0.3, 0.4) is 0 Å². The minimum Gasteiger partial charge on any atom is -0.368 e. The Balaban J connectivity index is 1.77. The maximum Gasteiger partial charge on any atom is 0.277 e. The molecule has 1 heterocycles. The quantitative estimate of drug-likeness (QED) is 0.592. The Bertz CT molecular complexity index is 919. The van der Waals surface area contributed by atoms with Gasteiger partial charge in [0, 0.05) is 44.0 Å². The van der Waals surface area contributed by atoms with Gasteiger partial charge in [-0.3, -0.25) is 25.0 Å². The average Bonchev–Trinajstić information content (AvgIpc) is 2.69. The molecular formula is C19H20N4O5. The molecule has 2 aromatic rings. The van der Waals surface area contributed by atoms with Gasteiger partial charge in [-0.15, -0.1) is 0 Å². The molecule has 1 amide bonds. The Morgan fingerprint density at radius 1 is 0.893 bits per heavy atom. The highest BCUT2D eigenvalue weighted by molar-refractivity contribution is 5.95. The summed E-state index contributed by atoms with van der Waals surface area (Å²) in [5, 5.41) is 22.1. The first-order chi connectivity index (χ1) is 13.3. The molecule has 0 N–H and O–H groups in total. The first-order valence-corrected chi connectivity index (χ1v) is 8.81. The number of nitrogens with zero attached hydrogens (tertiary/aromatic N) is 4. The molecule has 0 radical (unpaired) electrons. The molecule has 0 spiro atoms. The van der Waals surface area contributed by atoms with Crippen LogP contribution in [0.2, 0.25) is 0 Å². The van der Waals surface area contributed by atoms with Crippen LogP contribution >= 0.6 is 0 Å². The molecule has 2 aromatic carbocycles. The highest BCUT2D eigenvalue weighted by atomic mass is 16.6. The molecular weight excluding hydrogens is 364 g/mol. The zero-order valence-corrected chi connectivity index (χ0v) is 15.6. The SMILES string of the molecule is Cc1ccc(C)c(N2CCN(C(=O)c3cc([N+](=O)[O-])cc([N+](=O)[O-])c3)CC2)c1. The number of piperazine rings is 1. The average molecular weight is 384 g/mol. The van der Waals surface area contributed by atoms with Gasteiger partial charge in [0.25, 0.3) is 17.3 Å². The number of carbonyl (C=O) groups excluding carboxylic acids is 1. The lowest BCUT2D eigenvalue weighted by atomic mass is 10.1. The third kappa shape index (κ3) is 3.93. The number of hydrogen-bond acceptors (Lipinski definition) is 6. The van der Waals surface area contributed by atoms with Crippen LogP contribution in [-0.4, -0.2) is 46.8 Å². The van der Waals surface area contributed by atoms with Gasteiger partial charge in [-0.25, -0.2) is 0 Å². The Hall–Kier alpha value is -3.49. The van der Waals surface area contributed by atoms with E-state index in [2.05, 4.69) is 17.0 Å². The summed E-state index contributed by atoms with van der Waals surface area (Å²) >= 11 is 0. The highest BCUT2D eigenvalue weighted by Gasteiger charge is 2.26. The van der Waals surface area contributed by atoms with Gasteiger partial charge < -0.3 is 9.80 Å². The van der Waals surface area contributed by atoms with Gasteiger partial charge in [-0.2, -0.15) is 0 Å². The Labute approximate surface area is 161 Å². The van der Waals surface area contributed by atoms with Crippen LogP contribution in [0, 0.1) is 34.1 Å². The molecule has 146 valence electrons. The van der Waals surface area contributed by atoms with Crippen LogP contribution in [0.15, 0.2) is 36.4 Å². The number of nitro benzene ring substituents is 2. The summed E-state index contributed by atoms with van der Waals surface area (Å²) in [7, 11) is 0. The second-order valence-corrected chi connectivity index (χ2v) is 6.82. The molecule has 1 aliphatic heterocycles. The van der Waals surface area contributed by atoms with Crippen molar-refractivity contribution in [3.63, 3.8) is 0 Å². The summed E-state index contributed by atoms with van der Waals surface area (Å²) in [6.07, 6.45) is 0. The van der Waals surface area contributed by atoms with Gasteiger partial charge in [-0.1, -0.05) is 12.1 Å². The van der Waals surface area contributed by atoms with Gasteiger partial charge in [-0.05, 0) is 31.0 Å². The molecule has 0 saturated carbocycles. The van der Waals surface area contributed by atoms with Gasteiger partial charge in [0.1, 0.15) is 0 Å². The summed E-state index contributed by atoms with van der Waals surface area (Å²) in [5.41, 5.74) is 2.46. The predicted molar refractivity (Wildman–Crippen MR) is 104 cm³/mol. The number of aryl methyl sites for hydroxylation is 2. The van der Waals surface area contributed by atoms with E-state index < -0.39 is 27.1 Å². The van der Waals surface area contributed by atoms with E-state index >= 15 is 0 Å². The Morgan fingerprint density at radius 2 is 1.46 bits per heavy atom. The molecule has 3 rings (SSSR count). The number of rotatable bonds is 4. The summed E-state index contributed by atoms with van der Waals surface area (Å²) in [4.78, 5) is 37.2. The summed E-state index contributed by atoms with van der Waals surface area (Å²) in [5.74, 6) is -0.438. The summed E-state index contributed by atoms with van der Waals surface area (Å²) in [6, 6.07) is 9.25. The normalized spacial score (nSPS) is 14.1. The van der Waals surface area contributed by atoms with E-state index in [0.29, 0.717) is 26.2 Å². The summed E-state index contributed by atoms with van der Waals surface area (Å²) < 4.78 is 0. The number of carbonyl (C=O) groups is 1. The van der Waals surface area contributed by atoms with Crippen LogP contribution < -0.4 is 4.90 Å². The number of anilines is 1. The van der Waals surface area contributed by atoms with Crippen LogP contribution in [0.5, 0.6) is 0 Å². The number of amides is 1. The van der Waals surface area contributed by atoms with Crippen LogP contribution in [0.4, 0.5) is 17.1 Å². The topological polar surface area (TPSA) is 110 Å². The van der Waals surface area contributed by atoms with E-state index in [0.717, 1.165) is 35.0 Å². The molecule has 9 heteroatoms. The maximum absolute atomic E-state index is 12.8. The van der Waals surface area contributed by atoms with Crippen LogP contribution in [0.1, 0.15) is 21.5 Å². The van der Waals surface area contributed by atoms with Crippen molar-refractivity contribution in [1.29, 1.82) is 0 Å². The fourth-order valence-corrected chi connectivity index (χ4v) is 3.32. The van der Waals surface area contributed by atoms with Gasteiger partial charge >= 0.3 is 0 Å². The monoisotopic (exact) mass is 384 g/mol. The summed E-state index contributed by atoms with van der Waals surface area (Å²) in [6.45, 7) is 6.16. The van der Waals surface area contributed by atoms with Gasteiger partial charge in [0.15, 0.2) is 0 Å². The first kappa shape index (κ1) is 19.3. The molecule has 1 fully saturated rings. The second-order valence-electron chi connectivity index (χ2n) is 6.82. The molecule has 28 heavy (non-hydrogen) atoms. The van der Waals surface area contributed by atoms with Crippen molar-refractivity contribution in [3.8, 4) is 0 Å².